The number of methoxy groups -OCH3 is 1. The van der Waals surface area contributed by atoms with Crippen LogP contribution >= 0.6 is 0 Å². The number of rotatable bonds is 8. The Balaban J connectivity index is 1.39. The summed E-state index contributed by atoms with van der Waals surface area (Å²) in [6, 6.07) is 11.4. The summed E-state index contributed by atoms with van der Waals surface area (Å²) < 4.78 is 5.33. The molecule has 0 spiro atoms. The van der Waals surface area contributed by atoms with E-state index in [1.165, 1.54) is 0 Å². The largest absolute Gasteiger partial charge is 0.497 e. The van der Waals surface area contributed by atoms with Gasteiger partial charge in [-0.2, -0.15) is 0 Å². The molecule has 174 valence electrons. The maximum Gasteiger partial charge on any atom is 0.222 e. The molecule has 2 fully saturated rings. The molecule has 2 aliphatic heterocycles. The zero-order valence-electron chi connectivity index (χ0n) is 19.1. The van der Waals surface area contributed by atoms with Gasteiger partial charge in [-0.15, -0.1) is 0 Å². The Morgan fingerprint density at radius 3 is 2.88 bits per heavy atom. The molecule has 2 saturated heterocycles. The van der Waals surface area contributed by atoms with E-state index in [2.05, 4.69) is 10.3 Å². The van der Waals surface area contributed by atoms with Crippen LogP contribution in [0.25, 0.3) is 0 Å². The van der Waals surface area contributed by atoms with Gasteiger partial charge >= 0.3 is 0 Å². The van der Waals surface area contributed by atoms with Crippen LogP contribution in [0.15, 0.2) is 48.8 Å². The number of piperidine rings is 1. The van der Waals surface area contributed by atoms with Gasteiger partial charge in [-0.05, 0) is 61.9 Å². The van der Waals surface area contributed by atoms with Crippen molar-refractivity contribution in [3.05, 3.63) is 59.9 Å². The number of Topliss-reactive ketones (excluding diaryl/α,β-unsaturated/α-hetero) is 1. The van der Waals surface area contributed by atoms with Gasteiger partial charge in [-0.25, -0.2) is 0 Å². The number of pyridine rings is 1. The predicted molar refractivity (Wildman–Crippen MR) is 124 cm³/mol. The van der Waals surface area contributed by atoms with Gasteiger partial charge in [0.1, 0.15) is 5.75 Å². The molecular formula is C26H31N3O4. The molecule has 2 amide bonds. The summed E-state index contributed by atoms with van der Waals surface area (Å²) in [5, 5.41) is 3.15. The van der Waals surface area contributed by atoms with Crippen LogP contribution in [0.5, 0.6) is 5.75 Å². The van der Waals surface area contributed by atoms with E-state index >= 15 is 0 Å². The Kier molecular flexibility index (Phi) is 7.06. The standard InChI is InChI=1S/C26H31N3O4/c1-33-22-8-2-5-19(15-22)16-26(11-9-23(30)28-26)12-10-24(31)29-14-4-7-21(18-29)25(32)20-6-3-13-27-17-20/h2-3,5-6,8,13,15,17,21H,4,7,9-12,14,16,18H2,1H3,(H,28,30). The molecule has 33 heavy (non-hydrogen) atoms. The van der Waals surface area contributed by atoms with E-state index in [1.807, 2.05) is 29.2 Å². The molecule has 2 aromatic rings. The Morgan fingerprint density at radius 2 is 2.15 bits per heavy atom. The minimum absolute atomic E-state index is 0.0328. The number of carbonyl (C=O) groups is 3. The summed E-state index contributed by atoms with van der Waals surface area (Å²) in [5.74, 6) is 0.720. The van der Waals surface area contributed by atoms with Gasteiger partial charge in [0, 0.05) is 55.3 Å². The van der Waals surface area contributed by atoms with Crippen LogP contribution in [0.2, 0.25) is 0 Å². The molecule has 1 aromatic heterocycles. The quantitative estimate of drug-likeness (QED) is 0.626. The monoisotopic (exact) mass is 449 g/mol. The number of ketones is 1. The third-order valence-corrected chi connectivity index (χ3v) is 6.82. The normalized spacial score (nSPS) is 22.6. The number of ether oxygens (including phenoxy) is 1. The number of aromatic nitrogens is 1. The summed E-state index contributed by atoms with van der Waals surface area (Å²) in [6.07, 6.45) is 7.60. The van der Waals surface area contributed by atoms with Gasteiger partial charge in [0.25, 0.3) is 0 Å². The van der Waals surface area contributed by atoms with Gasteiger partial charge < -0.3 is 15.0 Å². The summed E-state index contributed by atoms with van der Waals surface area (Å²) >= 11 is 0. The topological polar surface area (TPSA) is 88.6 Å². The fraction of sp³-hybridized carbons (Fsp3) is 0.462. The first-order chi connectivity index (χ1) is 16.0. The number of nitrogens with one attached hydrogen (secondary N) is 1. The van der Waals surface area contributed by atoms with Gasteiger partial charge in [0.15, 0.2) is 5.78 Å². The molecule has 7 heteroatoms. The average Bonchev–Trinajstić information content (AvgIpc) is 3.23. The number of carbonyl (C=O) groups excluding carboxylic acids is 3. The molecule has 2 aliphatic rings. The predicted octanol–water partition coefficient (Wildman–Crippen LogP) is 3.18. The Labute approximate surface area is 194 Å². The van der Waals surface area contributed by atoms with Crippen LogP contribution in [-0.4, -0.2) is 53.2 Å². The molecule has 1 N–H and O–H groups in total. The van der Waals surface area contributed by atoms with E-state index in [0.29, 0.717) is 50.8 Å². The number of amides is 2. The second-order valence-electron chi connectivity index (χ2n) is 9.14. The Morgan fingerprint density at radius 1 is 1.27 bits per heavy atom. The number of nitrogens with zero attached hydrogens (tertiary/aromatic N) is 2. The molecule has 0 radical (unpaired) electrons. The molecule has 0 bridgehead atoms. The van der Waals surface area contributed by atoms with Crippen LogP contribution in [0, 0.1) is 5.92 Å². The number of likely N-dealkylation sites (tertiary alicyclic amines) is 1. The lowest BCUT2D eigenvalue weighted by atomic mass is 9.84. The van der Waals surface area contributed by atoms with Crippen molar-refractivity contribution in [3.63, 3.8) is 0 Å². The van der Waals surface area contributed by atoms with E-state index in [0.717, 1.165) is 24.2 Å². The van der Waals surface area contributed by atoms with Crippen LogP contribution in [0.3, 0.4) is 0 Å². The van der Waals surface area contributed by atoms with E-state index in [4.69, 9.17) is 4.74 Å². The second-order valence-corrected chi connectivity index (χ2v) is 9.14. The lowest BCUT2D eigenvalue weighted by Crippen LogP contribution is -2.46. The summed E-state index contributed by atoms with van der Waals surface area (Å²) in [6.45, 7) is 1.12. The third kappa shape index (κ3) is 5.59. The van der Waals surface area contributed by atoms with E-state index in [-0.39, 0.29) is 23.5 Å². The Hall–Kier alpha value is -3.22. The first-order valence-corrected chi connectivity index (χ1v) is 11.6. The first-order valence-electron chi connectivity index (χ1n) is 11.6. The highest BCUT2D eigenvalue weighted by Gasteiger charge is 2.39. The Bertz CT molecular complexity index is 1010. The smallest absolute Gasteiger partial charge is 0.222 e. The van der Waals surface area contributed by atoms with Crippen LogP contribution in [0.4, 0.5) is 0 Å². The molecule has 1 aromatic carbocycles. The van der Waals surface area contributed by atoms with Crippen LogP contribution in [0.1, 0.15) is 54.4 Å². The SMILES string of the molecule is COc1cccc(CC2(CCC(=O)N3CCCC(C(=O)c4cccnc4)C3)CCC(=O)N2)c1. The fourth-order valence-corrected chi connectivity index (χ4v) is 5.02. The molecule has 2 atom stereocenters. The second kappa shape index (κ2) is 10.1. The van der Waals surface area contributed by atoms with Crippen molar-refractivity contribution in [2.45, 2.75) is 50.5 Å². The van der Waals surface area contributed by atoms with Crippen molar-refractivity contribution < 1.29 is 19.1 Å². The highest BCUT2D eigenvalue weighted by Crippen LogP contribution is 2.31. The number of hydrogen-bond donors (Lipinski definition) is 1. The van der Waals surface area contributed by atoms with E-state index in [9.17, 15) is 14.4 Å². The summed E-state index contributed by atoms with van der Waals surface area (Å²) in [5.41, 5.74) is 1.24. The minimum Gasteiger partial charge on any atom is -0.497 e. The van der Waals surface area contributed by atoms with E-state index in [1.54, 1.807) is 31.6 Å². The van der Waals surface area contributed by atoms with Crippen molar-refractivity contribution in [1.29, 1.82) is 0 Å². The lowest BCUT2D eigenvalue weighted by molar-refractivity contribution is -0.133. The minimum atomic E-state index is -0.431. The van der Waals surface area contributed by atoms with Crippen molar-refractivity contribution in [3.8, 4) is 5.75 Å². The maximum atomic E-state index is 13.1. The lowest BCUT2D eigenvalue weighted by Gasteiger charge is -2.34. The molecule has 2 unspecified atom stereocenters. The maximum absolute atomic E-state index is 13.1. The molecule has 0 saturated carbocycles. The van der Waals surface area contributed by atoms with Crippen LogP contribution in [-0.2, 0) is 16.0 Å². The van der Waals surface area contributed by atoms with Crippen molar-refractivity contribution in [1.82, 2.24) is 15.2 Å². The van der Waals surface area contributed by atoms with Gasteiger partial charge in [-0.3, -0.25) is 19.4 Å². The van der Waals surface area contributed by atoms with Crippen LogP contribution < -0.4 is 10.1 Å². The van der Waals surface area contributed by atoms with Crippen molar-refractivity contribution in [2.24, 2.45) is 5.92 Å². The van der Waals surface area contributed by atoms with Gasteiger partial charge in [0.2, 0.25) is 11.8 Å². The molecule has 7 nitrogen and oxygen atoms in total. The third-order valence-electron chi connectivity index (χ3n) is 6.82. The summed E-state index contributed by atoms with van der Waals surface area (Å²) in [7, 11) is 1.63. The highest BCUT2D eigenvalue weighted by molar-refractivity contribution is 5.98. The zero-order chi connectivity index (χ0) is 23.3. The zero-order valence-corrected chi connectivity index (χ0v) is 19.1. The molecule has 4 rings (SSSR count). The fourth-order valence-electron chi connectivity index (χ4n) is 5.02. The molecule has 0 aliphatic carbocycles. The number of benzene rings is 1. The van der Waals surface area contributed by atoms with Crippen molar-refractivity contribution in [2.75, 3.05) is 20.2 Å². The van der Waals surface area contributed by atoms with E-state index < -0.39 is 5.54 Å². The van der Waals surface area contributed by atoms with Crippen molar-refractivity contribution >= 4 is 17.6 Å². The number of hydrogen-bond acceptors (Lipinski definition) is 5. The average molecular weight is 450 g/mol. The van der Waals surface area contributed by atoms with Gasteiger partial charge in [-0.1, -0.05) is 12.1 Å². The van der Waals surface area contributed by atoms with Gasteiger partial charge in [0.05, 0.1) is 7.11 Å². The summed E-state index contributed by atoms with van der Waals surface area (Å²) in [4.78, 5) is 43.9. The highest BCUT2D eigenvalue weighted by atomic mass is 16.5. The molecular weight excluding hydrogens is 418 g/mol. The molecule has 3 heterocycles. The first kappa shape index (κ1) is 23.0.